The van der Waals surface area contributed by atoms with Gasteiger partial charge in [0, 0.05) is 55.5 Å². The van der Waals surface area contributed by atoms with Crippen molar-refractivity contribution in [3.05, 3.63) is 40.9 Å². The second-order valence-corrected chi connectivity index (χ2v) is 9.10. The lowest BCUT2D eigenvalue weighted by Crippen LogP contribution is -2.32. The molecule has 1 aliphatic heterocycles. The van der Waals surface area contributed by atoms with Crippen LogP contribution in [-0.4, -0.2) is 67.9 Å². The normalized spacial score (nSPS) is 13.0. The molecule has 1 aromatic carbocycles. The molecule has 0 fully saturated rings. The highest BCUT2D eigenvalue weighted by Gasteiger charge is 2.23. The zero-order chi connectivity index (χ0) is 25.3. The number of imide groups is 1. The summed E-state index contributed by atoms with van der Waals surface area (Å²) < 4.78 is 17.6. The Bertz CT molecular complexity index is 836. The summed E-state index contributed by atoms with van der Waals surface area (Å²) in [7, 11) is 0. The highest BCUT2D eigenvalue weighted by atomic mass is 79.9. The van der Waals surface area contributed by atoms with Crippen molar-refractivity contribution in [2.24, 2.45) is 0 Å². The number of hydrogen-bond acceptors (Lipinski definition) is 7. The van der Waals surface area contributed by atoms with Crippen molar-refractivity contribution < 1.29 is 33.4 Å². The lowest BCUT2D eigenvalue weighted by Gasteiger charge is -2.12. The summed E-state index contributed by atoms with van der Waals surface area (Å²) in [5, 5.41) is 0. The summed E-state index contributed by atoms with van der Waals surface area (Å²) in [6.07, 6.45) is 7.18. The molecule has 1 aliphatic rings. The molecule has 0 N–H and O–H groups in total. The van der Waals surface area contributed by atoms with Crippen molar-refractivity contribution in [3.63, 3.8) is 0 Å². The lowest BCUT2D eigenvalue weighted by molar-refractivity contribution is -0.137. The maximum absolute atomic E-state index is 11.9. The van der Waals surface area contributed by atoms with Gasteiger partial charge in [-0.1, -0.05) is 15.9 Å². The molecule has 0 saturated carbocycles. The highest BCUT2D eigenvalue weighted by Crippen LogP contribution is 2.16. The molecule has 1 aromatic rings. The topological polar surface area (TPSA) is 99.2 Å². The molecule has 0 bridgehead atoms. The van der Waals surface area contributed by atoms with Gasteiger partial charge in [-0.3, -0.25) is 24.1 Å². The molecule has 2 amide bonds. The SMILES string of the molecule is O=C(CCCCCOc1ccc(Br)cc1)CCOCCOCCCC(=O)CCN1C(=O)C=CC1=O. The molecule has 0 aliphatic carbocycles. The zero-order valence-corrected chi connectivity index (χ0v) is 21.6. The monoisotopic (exact) mass is 551 g/mol. The van der Waals surface area contributed by atoms with Crippen LogP contribution in [0.5, 0.6) is 5.75 Å². The Balaban J connectivity index is 1.32. The number of Topliss-reactive ketones (excluding diaryl/α,β-unsaturated/α-hetero) is 2. The lowest BCUT2D eigenvalue weighted by atomic mass is 10.1. The van der Waals surface area contributed by atoms with Crippen LogP contribution in [0.3, 0.4) is 0 Å². The Morgan fingerprint density at radius 2 is 1.31 bits per heavy atom. The van der Waals surface area contributed by atoms with E-state index in [1.165, 1.54) is 12.2 Å². The number of carbonyl (C=O) groups is 4. The molecule has 8 nitrogen and oxygen atoms in total. The number of halogens is 1. The Labute approximate surface area is 215 Å². The summed E-state index contributed by atoms with van der Waals surface area (Å²) in [4.78, 5) is 47.7. The highest BCUT2D eigenvalue weighted by molar-refractivity contribution is 9.10. The summed E-state index contributed by atoms with van der Waals surface area (Å²) in [6, 6.07) is 7.73. The van der Waals surface area contributed by atoms with Crippen LogP contribution in [0.2, 0.25) is 0 Å². The van der Waals surface area contributed by atoms with Crippen LogP contribution in [-0.2, 0) is 28.7 Å². The summed E-state index contributed by atoms with van der Waals surface area (Å²) in [5.41, 5.74) is 0. The largest absolute Gasteiger partial charge is 0.494 e. The van der Waals surface area contributed by atoms with Gasteiger partial charge < -0.3 is 14.2 Å². The minimum absolute atomic E-state index is 0.00650. The number of benzene rings is 1. The number of nitrogens with zero attached hydrogens (tertiary/aromatic N) is 1. The van der Waals surface area contributed by atoms with Crippen molar-refractivity contribution in [1.82, 2.24) is 4.90 Å². The second-order valence-electron chi connectivity index (χ2n) is 8.18. The predicted octanol–water partition coefficient (Wildman–Crippen LogP) is 4.05. The van der Waals surface area contributed by atoms with Crippen LogP contribution in [0.15, 0.2) is 40.9 Å². The van der Waals surface area contributed by atoms with Gasteiger partial charge in [0.15, 0.2) is 0 Å². The first-order chi connectivity index (χ1) is 17.0. The number of amides is 2. The molecule has 0 unspecified atom stereocenters. The van der Waals surface area contributed by atoms with Gasteiger partial charge in [-0.25, -0.2) is 0 Å². The predicted molar refractivity (Wildman–Crippen MR) is 134 cm³/mol. The maximum atomic E-state index is 11.9. The van der Waals surface area contributed by atoms with Gasteiger partial charge in [0.2, 0.25) is 0 Å². The molecule has 0 spiro atoms. The van der Waals surface area contributed by atoms with E-state index < -0.39 is 0 Å². The molecule has 2 rings (SSSR count). The Hall–Kier alpha value is -2.36. The molecule has 0 aromatic heterocycles. The van der Waals surface area contributed by atoms with E-state index in [1.807, 2.05) is 24.3 Å². The van der Waals surface area contributed by atoms with Crippen molar-refractivity contribution in [1.29, 1.82) is 0 Å². The first-order valence-corrected chi connectivity index (χ1v) is 12.9. The average molecular weight is 552 g/mol. The molecule has 0 radical (unpaired) electrons. The Morgan fingerprint density at radius 1 is 0.686 bits per heavy atom. The molecule has 35 heavy (non-hydrogen) atoms. The van der Waals surface area contributed by atoms with Gasteiger partial charge >= 0.3 is 0 Å². The summed E-state index contributed by atoms with van der Waals surface area (Å²) in [5.74, 6) is 0.305. The molecule has 0 atom stereocenters. The van der Waals surface area contributed by atoms with E-state index >= 15 is 0 Å². The number of hydrogen-bond donors (Lipinski definition) is 0. The standard InChI is InChI=1S/C26H34BrNO7/c27-21-7-9-24(10-8-21)35-17-3-1-2-5-23(30)14-18-34-20-19-33-16-4-6-22(29)13-15-28-25(31)11-12-26(28)32/h7-12H,1-6,13-20H2. The molecule has 9 heteroatoms. The smallest absolute Gasteiger partial charge is 0.253 e. The van der Waals surface area contributed by atoms with Gasteiger partial charge in [0.05, 0.1) is 26.4 Å². The third-order valence-electron chi connectivity index (χ3n) is 5.34. The van der Waals surface area contributed by atoms with Crippen LogP contribution in [0, 0.1) is 0 Å². The van der Waals surface area contributed by atoms with Crippen LogP contribution in [0.25, 0.3) is 0 Å². The molecule has 0 saturated heterocycles. The summed E-state index contributed by atoms with van der Waals surface area (Å²) in [6.45, 7) is 2.40. The first-order valence-electron chi connectivity index (χ1n) is 12.1. The average Bonchev–Trinajstić information content (AvgIpc) is 3.16. The van der Waals surface area contributed by atoms with Gasteiger partial charge in [0.1, 0.15) is 17.3 Å². The fraction of sp³-hybridized carbons (Fsp3) is 0.538. The van der Waals surface area contributed by atoms with Crippen LogP contribution >= 0.6 is 15.9 Å². The van der Waals surface area contributed by atoms with Crippen molar-refractivity contribution in [2.45, 2.75) is 51.4 Å². The van der Waals surface area contributed by atoms with Crippen molar-refractivity contribution in [2.75, 3.05) is 39.6 Å². The van der Waals surface area contributed by atoms with E-state index in [-0.39, 0.29) is 36.3 Å². The molecular formula is C26H34BrNO7. The van der Waals surface area contributed by atoms with Crippen LogP contribution in [0.4, 0.5) is 0 Å². The number of carbonyl (C=O) groups excluding carboxylic acids is 4. The Kier molecular flexibility index (Phi) is 14.1. The quantitative estimate of drug-likeness (QED) is 0.178. The third-order valence-corrected chi connectivity index (χ3v) is 5.87. The van der Waals surface area contributed by atoms with Gasteiger partial charge in [-0.2, -0.15) is 0 Å². The maximum Gasteiger partial charge on any atom is 0.253 e. The van der Waals surface area contributed by atoms with E-state index in [4.69, 9.17) is 14.2 Å². The van der Waals surface area contributed by atoms with Crippen molar-refractivity contribution >= 4 is 39.3 Å². The van der Waals surface area contributed by atoms with E-state index in [0.29, 0.717) is 58.7 Å². The third kappa shape index (κ3) is 12.8. The van der Waals surface area contributed by atoms with E-state index in [9.17, 15) is 19.2 Å². The zero-order valence-electron chi connectivity index (χ0n) is 20.0. The molecule has 1 heterocycles. The minimum atomic E-state index is -0.369. The van der Waals surface area contributed by atoms with Gasteiger partial charge in [0.25, 0.3) is 11.8 Å². The number of unbranched alkanes of at least 4 members (excludes halogenated alkanes) is 2. The van der Waals surface area contributed by atoms with E-state index in [0.717, 1.165) is 34.4 Å². The number of ketones is 2. The number of rotatable bonds is 20. The second kappa shape index (κ2) is 17.1. The number of ether oxygens (including phenoxy) is 3. The van der Waals surface area contributed by atoms with Crippen LogP contribution in [0.1, 0.15) is 51.4 Å². The first kappa shape index (κ1) is 28.9. The van der Waals surface area contributed by atoms with Crippen LogP contribution < -0.4 is 4.74 Å². The van der Waals surface area contributed by atoms with Crippen molar-refractivity contribution in [3.8, 4) is 5.75 Å². The van der Waals surface area contributed by atoms with E-state index in [1.54, 1.807) is 0 Å². The molecular weight excluding hydrogens is 518 g/mol. The van der Waals surface area contributed by atoms with Gasteiger partial charge in [-0.05, 0) is 49.9 Å². The van der Waals surface area contributed by atoms with E-state index in [2.05, 4.69) is 15.9 Å². The Morgan fingerprint density at radius 3 is 2.03 bits per heavy atom. The van der Waals surface area contributed by atoms with Gasteiger partial charge in [-0.15, -0.1) is 0 Å². The fourth-order valence-electron chi connectivity index (χ4n) is 3.34. The molecule has 192 valence electrons. The fourth-order valence-corrected chi connectivity index (χ4v) is 3.60. The summed E-state index contributed by atoms with van der Waals surface area (Å²) >= 11 is 3.39. The minimum Gasteiger partial charge on any atom is -0.494 e.